The lowest BCUT2D eigenvalue weighted by Gasteiger charge is -2.12. The van der Waals surface area contributed by atoms with Crippen molar-refractivity contribution in [3.05, 3.63) is 53.4 Å². The van der Waals surface area contributed by atoms with E-state index in [9.17, 15) is 9.50 Å². The second-order valence-corrected chi connectivity index (χ2v) is 3.87. The molecular formula is C13H13FN2O2. The van der Waals surface area contributed by atoms with Gasteiger partial charge in [0.1, 0.15) is 17.7 Å². The number of rotatable bonds is 3. The van der Waals surface area contributed by atoms with E-state index in [2.05, 4.69) is 9.97 Å². The molecule has 0 bridgehead atoms. The minimum absolute atomic E-state index is 0.147. The molecule has 4 nitrogen and oxygen atoms in total. The molecule has 0 amide bonds. The molecule has 1 N–H and O–H groups in total. The molecule has 2 rings (SSSR count). The zero-order valence-corrected chi connectivity index (χ0v) is 10.1. The first kappa shape index (κ1) is 12.4. The monoisotopic (exact) mass is 248 g/mol. The van der Waals surface area contributed by atoms with Crippen LogP contribution in [0.3, 0.4) is 0 Å². The Morgan fingerprint density at radius 2 is 2.06 bits per heavy atom. The summed E-state index contributed by atoms with van der Waals surface area (Å²) in [6.45, 7) is 1.79. The fourth-order valence-corrected chi connectivity index (χ4v) is 1.56. The molecule has 1 unspecified atom stereocenters. The van der Waals surface area contributed by atoms with Crippen LogP contribution in [-0.2, 0) is 0 Å². The number of methoxy groups -OCH3 is 1. The maximum atomic E-state index is 13.8. The van der Waals surface area contributed by atoms with Gasteiger partial charge >= 0.3 is 0 Å². The summed E-state index contributed by atoms with van der Waals surface area (Å²) in [5.74, 6) is -0.136. The number of aliphatic hydroxyl groups is 1. The molecule has 0 spiro atoms. The minimum atomic E-state index is -1.14. The van der Waals surface area contributed by atoms with Crippen LogP contribution in [0.1, 0.15) is 23.1 Å². The lowest BCUT2D eigenvalue weighted by molar-refractivity contribution is 0.209. The van der Waals surface area contributed by atoms with Crippen LogP contribution < -0.4 is 4.74 Å². The van der Waals surface area contributed by atoms with E-state index in [4.69, 9.17) is 4.74 Å². The minimum Gasteiger partial charge on any atom is -0.497 e. The predicted molar refractivity (Wildman–Crippen MR) is 63.8 cm³/mol. The third-order valence-corrected chi connectivity index (χ3v) is 2.58. The lowest BCUT2D eigenvalue weighted by Crippen LogP contribution is -2.06. The first-order chi connectivity index (χ1) is 8.61. The van der Waals surface area contributed by atoms with Crippen molar-refractivity contribution < 1.29 is 14.2 Å². The van der Waals surface area contributed by atoms with Crippen LogP contribution >= 0.6 is 0 Å². The summed E-state index contributed by atoms with van der Waals surface area (Å²) >= 11 is 0. The normalized spacial score (nSPS) is 12.2. The van der Waals surface area contributed by atoms with E-state index >= 15 is 0 Å². The van der Waals surface area contributed by atoms with Gasteiger partial charge in [-0.15, -0.1) is 0 Å². The Hall–Kier alpha value is -2.01. The molecule has 0 fully saturated rings. The van der Waals surface area contributed by atoms with Crippen LogP contribution in [0.15, 0.2) is 30.6 Å². The quantitative estimate of drug-likeness (QED) is 0.902. The summed E-state index contributed by atoms with van der Waals surface area (Å²) in [4.78, 5) is 8.05. The molecule has 0 aliphatic carbocycles. The number of hydrogen-bond acceptors (Lipinski definition) is 4. The molecular weight excluding hydrogens is 235 g/mol. The maximum Gasteiger partial charge on any atom is 0.133 e. The van der Waals surface area contributed by atoms with Crippen LogP contribution in [-0.4, -0.2) is 22.2 Å². The molecule has 18 heavy (non-hydrogen) atoms. The SMILES string of the molecule is COc1ccc(C(O)c2cnc(C)cn2)c(F)c1. The first-order valence-electron chi connectivity index (χ1n) is 5.42. The maximum absolute atomic E-state index is 13.8. The van der Waals surface area contributed by atoms with Crippen molar-refractivity contribution in [1.29, 1.82) is 0 Å². The number of aromatic nitrogens is 2. The highest BCUT2D eigenvalue weighted by Crippen LogP contribution is 2.25. The number of hydrogen-bond donors (Lipinski definition) is 1. The van der Waals surface area contributed by atoms with Crippen molar-refractivity contribution in [3.8, 4) is 5.75 Å². The number of benzene rings is 1. The molecule has 0 saturated carbocycles. The van der Waals surface area contributed by atoms with Crippen LogP contribution in [0, 0.1) is 12.7 Å². The largest absolute Gasteiger partial charge is 0.497 e. The van der Waals surface area contributed by atoms with Crippen molar-refractivity contribution in [2.45, 2.75) is 13.0 Å². The van der Waals surface area contributed by atoms with Gasteiger partial charge in [-0.25, -0.2) is 4.39 Å². The first-order valence-corrected chi connectivity index (χ1v) is 5.42. The van der Waals surface area contributed by atoms with Gasteiger partial charge in [0.15, 0.2) is 0 Å². The summed E-state index contributed by atoms with van der Waals surface area (Å²) in [6, 6.07) is 4.28. The Kier molecular flexibility index (Phi) is 3.53. The van der Waals surface area contributed by atoms with Gasteiger partial charge in [-0.1, -0.05) is 0 Å². The Morgan fingerprint density at radius 1 is 1.28 bits per heavy atom. The van der Waals surface area contributed by atoms with Crippen LogP contribution in [0.4, 0.5) is 4.39 Å². The van der Waals surface area contributed by atoms with Crippen molar-refractivity contribution in [3.63, 3.8) is 0 Å². The molecule has 5 heteroatoms. The average molecular weight is 248 g/mol. The lowest BCUT2D eigenvalue weighted by atomic mass is 10.1. The van der Waals surface area contributed by atoms with Gasteiger partial charge in [0.2, 0.25) is 0 Å². The van der Waals surface area contributed by atoms with Crippen LogP contribution in [0.2, 0.25) is 0 Å². The molecule has 0 aliphatic rings. The molecule has 1 aromatic heterocycles. The smallest absolute Gasteiger partial charge is 0.133 e. The summed E-state index contributed by atoms with van der Waals surface area (Å²) in [7, 11) is 1.45. The zero-order chi connectivity index (χ0) is 13.1. The molecule has 2 aromatic rings. The average Bonchev–Trinajstić information content (AvgIpc) is 2.38. The summed E-state index contributed by atoms with van der Waals surface area (Å²) < 4.78 is 18.7. The van der Waals surface area contributed by atoms with Gasteiger partial charge in [0.05, 0.1) is 24.7 Å². The van der Waals surface area contributed by atoms with E-state index in [1.165, 1.54) is 31.6 Å². The third-order valence-electron chi connectivity index (χ3n) is 2.58. The number of aliphatic hydroxyl groups excluding tert-OH is 1. The highest BCUT2D eigenvalue weighted by molar-refractivity contribution is 5.33. The van der Waals surface area contributed by atoms with Gasteiger partial charge in [-0.3, -0.25) is 9.97 Å². The van der Waals surface area contributed by atoms with Gasteiger partial charge in [0.25, 0.3) is 0 Å². The zero-order valence-electron chi connectivity index (χ0n) is 10.1. The Morgan fingerprint density at radius 3 is 2.61 bits per heavy atom. The molecule has 0 saturated heterocycles. The highest BCUT2D eigenvalue weighted by atomic mass is 19.1. The van der Waals surface area contributed by atoms with Crippen molar-refractivity contribution in [1.82, 2.24) is 9.97 Å². The van der Waals surface area contributed by atoms with Crippen molar-refractivity contribution in [2.75, 3.05) is 7.11 Å². The number of nitrogens with zero attached hydrogens (tertiary/aromatic N) is 2. The number of halogens is 1. The van der Waals surface area contributed by atoms with E-state index in [-0.39, 0.29) is 5.56 Å². The van der Waals surface area contributed by atoms with Gasteiger partial charge in [-0.2, -0.15) is 0 Å². The second kappa shape index (κ2) is 5.10. The molecule has 1 heterocycles. The second-order valence-electron chi connectivity index (χ2n) is 3.87. The number of aryl methyl sites for hydroxylation is 1. The van der Waals surface area contributed by atoms with Gasteiger partial charge in [-0.05, 0) is 19.1 Å². The van der Waals surface area contributed by atoms with E-state index in [0.717, 1.165) is 5.69 Å². The Balaban J connectivity index is 2.33. The fourth-order valence-electron chi connectivity index (χ4n) is 1.56. The molecule has 94 valence electrons. The standard InChI is InChI=1S/C13H13FN2O2/c1-8-6-16-12(7-15-8)13(17)10-4-3-9(18-2)5-11(10)14/h3-7,13,17H,1-2H3. The Labute approximate surface area is 104 Å². The van der Waals surface area contributed by atoms with Crippen molar-refractivity contribution in [2.24, 2.45) is 0 Å². The molecule has 1 atom stereocenters. The molecule has 0 aliphatic heterocycles. The highest BCUT2D eigenvalue weighted by Gasteiger charge is 2.17. The Bertz CT molecular complexity index is 543. The summed E-state index contributed by atoms with van der Waals surface area (Å²) in [5.41, 5.74) is 1.19. The van der Waals surface area contributed by atoms with E-state index in [1.54, 1.807) is 13.0 Å². The fraction of sp³-hybridized carbons (Fsp3) is 0.231. The van der Waals surface area contributed by atoms with E-state index in [1.807, 2.05) is 0 Å². The van der Waals surface area contributed by atoms with E-state index < -0.39 is 11.9 Å². The predicted octanol–water partition coefficient (Wildman–Crippen LogP) is 2.01. The summed E-state index contributed by atoms with van der Waals surface area (Å²) in [6.07, 6.45) is 1.83. The van der Waals surface area contributed by atoms with Crippen LogP contribution in [0.25, 0.3) is 0 Å². The number of ether oxygens (including phenoxy) is 1. The van der Waals surface area contributed by atoms with Gasteiger partial charge < -0.3 is 9.84 Å². The van der Waals surface area contributed by atoms with Crippen LogP contribution in [0.5, 0.6) is 5.75 Å². The molecule has 1 aromatic carbocycles. The summed E-state index contributed by atoms with van der Waals surface area (Å²) in [5, 5.41) is 10.0. The van der Waals surface area contributed by atoms with Gasteiger partial charge in [0, 0.05) is 17.8 Å². The van der Waals surface area contributed by atoms with E-state index in [0.29, 0.717) is 11.4 Å². The molecule has 0 radical (unpaired) electrons. The topological polar surface area (TPSA) is 55.2 Å². The van der Waals surface area contributed by atoms with Crippen molar-refractivity contribution >= 4 is 0 Å². The third kappa shape index (κ3) is 2.46.